The molecule has 6 rings (SSSR count). The molecule has 5 aromatic rings. The van der Waals surface area contributed by atoms with Crippen LogP contribution >= 0.6 is 0 Å². The predicted molar refractivity (Wildman–Crippen MR) is 137 cm³/mol. The van der Waals surface area contributed by atoms with Crippen molar-refractivity contribution in [1.29, 1.82) is 0 Å². The van der Waals surface area contributed by atoms with Crippen molar-refractivity contribution in [1.82, 2.24) is 19.5 Å². The number of rotatable bonds is 3. The number of allylic oxidation sites excluding steroid dienone is 1. The quantitative estimate of drug-likeness (QED) is 0.362. The molecule has 0 radical (unpaired) electrons. The maximum atomic E-state index is 14.1. The van der Waals surface area contributed by atoms with Crippen molar-refractivity contribution in [2.45, 2.75) is 26.9 Å². The molecule has 0 amide bonds. The third kappa shape index (κ3) is 3.91. The highest BCUT2D eigenvalue weighted by Crippen LogP contribution is 2.41. The summed E-state index contributed by atoms with van der Waals surface area (Å²) in [5, 5.41) is 3.87. The molecule has 0 saturated heterocycles. The van der Waals surface area contributed by atoms with Crippen LogP contribution in [0.15, 0.2) is 64.0 Å². The molecule has 37 heavy (non-hydrogen) atoms. The van der Waals surface area contributed by atoms with E-state index in [1.807, 2.05) is 42.6 Å². The summed E-state index contributed by atoms with van der Waals surface area (Å²) in [6.45, 7) is 4.08. The van der Waals surface area contributed by atoms with E-state index < -0.39 is 11.6 Å². The summed E-state index contributed by atoms with van der Waals surface area (Å²) in [7, 11) is 0. The van der Waals surface area contributed by atoms with Crippen molar-refractivity contribution < 1.29 is 13.7 Å². The predicted octanol–water partition coefficient (Wildman–Crippen LogP) is 4.90. The van der Waals surface area contributed by atoms with E-state index in [0.29, 0.717) is 29.1 Å². The van der Waals surface area contributed by atoms with Crippen molar-refractivity contribution in [3.8, 4) is 18.1 Å². The molecule has 1 aliphatic rings. The van der Waals surface area contributed by atoms with Gasteiger partial charge in [-0.15, -0.1) is 6.42 Å². The number of fused-ring (bicyclic) bond motifs is 3. The summed E-state index contributed by atoms with van der Waals surface area (Å²) in [4.78, 5) is 18.9. The summed E-state index contributed by atoms with van der Waals surface area (Å²) in [5.74, 6) is 2.33. The lowest BCUT2D eigenvalue weighted by Crippen LogP contribution is -2.02. The van der Waals surface area contributed by atoms with Gasteiger partial charge < -0.3 is 9.14 Å². The molecule has 0 bridgehead atoms. The first kappa shape index (κ1) is 22.6. The minimum absolute atomic E-state index is 0.253. The fourth-order valence-corrected chi connectivity index (χ4v) is 4.87. The summed E-state index contributed by atoms with van der Waals surface area (Å²) in [5.41, 5.74) is 8.64. The smallest absolute Gasteiger partial charge is 0.439 e. The molecule has 182 valence electrons. The molecule has 7 nitrogen and oxygen atoms in total. The standard InChI is InChI=1S/C29H21FN4O3/c1-4-18-9-10-34-24(17(3)31-26(34)13-18)12-19-5-7-22-20(11-19)15-36-25-14-21(30)6-8-23(25)27(22)16(2)28-32-29(35)37-33-28/h1,5-11,13-14H,12,15H2,2-3H3,(H,32,33,35)/b27-16+. The van der Waals surface area contributed by atoms with E-state index in [4.69, 9.17) is 15.7 Å². The van der Waals surface area contributed by atoms with Crippen LogP contribution in [0, 0.1) is 25.1 Å². The number of hydrogen-bond donors (Lipinski definition) is 1. The van der Waals surface area contributed by atoms with Crippen LogP contribution in [0.4, 0.5) is 4.39 Å². The zero-order valence-electron chi connectivity index (χ0n) is 20.1. The van der Waals surface area contributed by atoms with Crippen LogP contribution in [0.3, 0.4) is 0 Å². The molecule has 3 aromatic heterocycles. The number of H-pyrrole nitrogens is 1. The highest BCUT2D eigenvalue weighted by molar-refractivity contribution is 5.99. The number of aryl methyl sites for hydroxylation is 1. The van der Waals surface area contributed by atoms with Crippen LogP contribution in [-0.4, -0.2) is 19.5 Å². The number of ether oxygens (including phenoxy) is 1. The average Bonchev–Trinajstić information content (AvgIpc) is 3.41. The molecule has 8 heteroatoms. The third-order valence-corrected chi connectivity index (χ3v) is 6.67. The van der Waals surface area contributed by atoms with Gasteiger partial charge in [0.15, 0.2) is 5.82 Å². The third-order valence-electron chi connectivity index (χ3n) is 6.67. The zero-order chi connectivity index (χ0) is 25.7. The van der Waals surface area contributed by atoms with Gasteiger partial charge in [-0.25, -0.2) is 14.2 Å². The highest BCUT2D eigenvalue weighted by Gasteiger charge is 2.24. The summed E-state index contributed by atoms with van der Waals surface area (Å²) in [6, 6.07) is 14.4. The van der Waals surface area contributed by atoms with Gasteiger partial charge in [-0.3, -0.25) is 9.51 Å². The Morgan fingerprint density at radius 2 is 2.03 bits per heavy atom. The Bertz CT molecular complexity index is 1830. The fraction of sp³-hybridized carbons (Fsp3) is 0.138. The van der Waals surface area contributed by atoms with E-state index in [9.17, 15) is 9.18 Å². The van der Waals surface area contributed by atoms with Gasteiger partial charge in [-0.2, -0.15) is 0 Å². The van der Waals surface area contributed by atoms with Gasteiger partial charge in [-0.05, 0) is 60.4 Å². The van der Waals surface area contributed by atoms with Gasteiger partial charge >= 0.3 is 5.76 Å². The van der Waals surface area contributed by atoms with E-state index >= 15 is 0 Å². The molecule has 0 unspecified atom stereocenters. The van der Waals surface area contributed by atoms with Gasteiger partial charge in [0.1, 0.15) is 23.8 Å². The molecule has 0 fully saturated rings. The number of halogens is 1. The number of terminal acetylenes is 1. The number of nitrogens with zero attached hydrogens (tertiary/aromatic N) is 3. The molecular formula is C29H21FN4O3. The molecule has 0 aliphatic carbocycles. The van der Waals surface area contributed by atoms with E-state index in [1.54, 1.807) is 6.07 Å². The first-order valence-corrected chi connectivity index (χ1v) is 11.7. The Balaban J connectivity index is 1.47. The number of nitrogens with one attached hydrogen (secondary N) is 1. The minimum Gasteiger partial charge on any atom is -0.488 e. The molecule has 1 aliphatic heterocycles. The van der Waals surface area contributed by atoms with E-state index in [2.05, 4.69) is 33.2 Å². The summed E-state index contributed by atoms with van der Waals surface area (Å²) < 4.78 is 27.0. The van der Waals surface area contributed by atoms with Crippen LogP contribution in [0.1, 0.15) is 52.0 Å². The molecule has 0 atom stereocenters. The van der Waals surface area contributed by atoms with Crippen LogP contribution in [-0.2, 0) is 13.0 Å². The van der Waals surface area contributed by atoms with Crippen molar-refractivity contribution in [2.75, 3.05) is 0 Å². The molecular weight excluding hydrogens is 471 g/mol. The van der Waals surface area contributed by atoms with Crippen LogP contribution in [0.25, 0.3) is 16.8 Å². The Labute approximate surface area is 211 Å². The first-order chi connectivity index (χ1) is 17.9. The molecule has 1 N–H and O–H groups in total. The van der Waals surface area contributed by atoms with Gasteiger partial charge in [-0.1, -0.05) is 29.3 Å². The second-order valence-corrected chi connectivity index (χ2v) is 8.97. The van der Waals surface area contributed by atoms with Gasteiger partial charge in [0.05, 0.1) is 5.69 Å². The number of benzene rings is 2. The second kappa shape index (κ2) is 8.64. The van der Waals surface area contributed by atoms with E-state index in [1.165, 1.54) is 12.1 Å². The Kier molecular flexibility index (Phi) is 5.27. The molecule has 0 spiro atoms. The minimum atomic E-state index is -0.646. The highest BCUT2D eigenvalue weighted by atomic mass is 19.1. The number of aromatic nitrogens is 4. The molecule has 0 saturated carbocycles. The largest absolute Gasteiger partial charge is 0.488 e. The lowest BCUT2D eigenvalue weighted by molar-refractivity contribution is 0.305. The SMILES string of the molecule is C#Cc1ccn2c(Cc3ccc4c(c3)COc3cc(F)ccc3/C4=C(\C)c3noc(=O)[nH]3)c(C)nc2c1. The van der Waals surface area contributed by atoms with Gasteiger partial charge in [0, 0.05) is 41.1 Å². The topological polar surface area (TPSA) is 85.4 Å². The second-order valence-electron chi connectivity index (χ2n) is 8.97. The Morgan fingerprint density at radius 1 is 1.19 bits per heavy atom. The van der Waals surface area contributed by atoms with Crippen LogP contribution < -0.4 is 10.5 Å². The lowest BCUT2D eigenvalue weighted by Gasteiger charge is -2.14. The van der Waals surface area contributed by atoms with Crippen molar-refractivity contribution in [2.24, 2.45) is 0 Å². The van der Waals surface area contributed by atoms with Crippen LogP contribution in [0.2, 0.25) is 0 Å². The fourth-order valence-electron chi connectivity index (χ4n) is 4.87. The van der Waals surface area contributed by atoms with Crippen molar-refractivity contribution in [3.63, 3.8) is 0 Å². The monoisotopic (exact) mass is 492 g/mol. The molecule has 4 heterocycles. The zero-order valence-corrected chi connectivity index (χ0v) is 20.1. The van der Waals surface area contributed by atoms with Crippen molar-refractivity contribution in [3.05, 3.63) is 116 Å². The Morgan fingerprint density at radius 3 is 2.81 bits per heavy atom. The van der Waals surface area contributed by atoms with Crippen LogP contribution in [0.5, 0.6) is 5.75 Å². The summed E-state index contributed by atoms with van der Waals surface area (Å²) in [6.07, 6.45) is 8.14. The number of pyridine rings is 1. The summed E-state index contributed by atoms with van der Waals surface area (Å²) >= 11 is 0. The van der Waals surface area contributed by atoms with E-state index in [0.717, 1.165) is 44.9 Å². The Hall–Kier alpha value is -4.90. The molecule has 2 aromatic carbocycles. The number of imidazole rings is 1. The maximum Gasteiger partial charge on any atom is 0.439 e. The van der Waals surface area contributed by atoms with Crippen molar-refractivity contribution >= 4 is 16.8 Å². The first-order valence-electron chi connectivity index (χ1n) is 11.7. The van der Waals surface area contributed by atoms with Gasteiger partial charge in [0.25, 0.3) is 0 Å². The lowest BCUT2D eigenvalue weighted by atomic mass is 9.89. The number of aromatic amines is 1. The van der Waals surface area contributed by atoms with Gasteiger partial charge in [0.2, 0.25) is 0 Å². The normalized spacial score (nSPS) is 13.9. The average molecular weight is 493 g/mol. The van der Waals surface area contributed by atoms with E-state index in [-0.39, 0.29) is 6.61 Å². The number of hydrogen-bond acceptors (Lipinski definition) is 5. The maximum absolute atomic E-state index is 14.1.